The lowest BCUT2D eigenvalue weighted by Crippen LogP contribution is -1.98. The Morgan fingerprint density at radius 3 is 2.30 bits per heavy atom. The Hall–Kier alpha value is -1.97. The molecule has 2 nitrogen and oxygen atoms in total. The minimum Gasteiger partial charge on any atom is -0.325 e. The number of aromatic nitrogens is 1. The average molecular weight is 280 g/mol. The van der Waals surface area contributed by atoms with Crippen LogP contribution in [-0.2, 0) is 6.54 Å². The first-order valence-electron chi connectivity index (χ1n) is 6.60. The van der Waals surface area contributed by atoms with Crippen LogP contribution in [0.2, 0.25) is 0 Å². The smallest absolute Gasteiger partial charge is 0.124 e. The maximum atomic E-state index is 5.85. The molecule has 0 radical (unpaired) electrons. The second-order valence-corrected chi connectivity index (χ2v) is 5.73. The Bertz CT molecular complexity index is 700. The summed E-state index contributed by atoms with van der Waals surface area (Å²) in [6.07, 6.45) is 0. The van der Waals surface area contributed by atoms with Crippen LogP contribution in [-0.4, -0.2) is 4.98 Å². The third kappa shape index (κ3) is 2.50. The largest absolute Gasteiger partial charge is 0.325 e. The van der Waals surface area contributed by atoms with E-state index >= 15 is 0 Å². The number of rotatable bonds is 3. The molecule has 0 saturated carbocycles. The highest BCUT2D eigenvalue weighted by Gasteiger charge is 2.12. The van der Waals surface area contributed by atoms with Crippen molar-refractivity contribution in [3.05, 3.63) is 65.9 Å². The molecule has 20 heavy (non-hydrogen) atoms. The molecule has 3 aromatic rings. The van der Waals surface area contributed by atoms with E-state index in [0.717, 1.165) is 16.3 Å². The highest BCUT2D eigenvalue weighted by atomic mass is 32.1. The highest BCUT2D eigenvalue weighted by molar-refractivity contribution is 7.18. The first-order valence-corrected chi connectivity index (χ1v) is 7.42. The van der Waals surface area contributed by atoms with Gasteiger partial charge in [0.05, 0.1) is 10.6 Å². The molecule has 0 spiro atoms. The minimum absolute atomic E-state index is 0.465. The lowest BCUT2D eigenvalue weighted by molar-refractivity contribution is 1.02. The fraction of sp³-hybridized carbons (Fsp3) is 0.118. The van der Waals surface area contributed by atoms with Crippen molar-refractivity contribution in [3.8, 4) is 21.0 Å². The number of aryl methyl sites for hydroxylation is 1. The second kappa shape index (κ2) is 5.57. The summed E-state index contributed by atoms with van der Waals surface area (Å²) in [6, 6.07) is 18.8. The van der Waals surface area contributed by atoms with Crippen molar-refractivity contribution < 1.29 is 0 Å². The lowest BCUT2D eigenvalue weighted by Gasteiger charge is -1.98. The van der Waals surface area contributed by atoms with Gasteiger partial charge in [-0.15, -0.1) is 11.3 Å². The number of thiazole rings is 1. The van der Waals surface area contributed by atoms with Crippen LogP contribution in [0, 0.1) is 6.92 Å². The molecule has 3 heteroatoms. The molecule has 0 atom stereocenters. The van der Waals surface area contributed by atoms with E-state index in [-0.39, 0.29) is 0 Å². The van der Waals surface area contributed by atoms with Crippen LogP contribution in [0.5, 0.6) is 0 Å². The summed E-state index contributed by atoms with van der Waals surface area (Å²) >= 11 is 1.71. The van der Waals surface area contributed by atoms with E-state index < -0.39 is 0 Å². The summed E-state index contributed by atoms with van der Waals surface area (Å²) in [5, 5.41) is 1.03. The topological polar surface area (TPSA) is 38.9 Å². The molecule has 0 bridgehead atoms. The third-order valence-electron chi connectivity index (χ3n) is 3.23. The number of nitrogens with two attached hydrogens (primary N) is 1. The van der Waals surface area contributed by atoms with Crippen LogP contribution < -0.4 is 5.73 Å². The molecule has 0 fully saturated rings. The SMILES string of the molecule is Cc1ccc(-c2nc(CN)c(-c3ccccc3)s2)cc1. The molecule has 2 aromatic carbocycles. The van der Waals surface area contributed by atoms with E-state index in [4.69, 9.17) is 10.7 Å². The number of hydrogen-bond acceptors (Lipinski definition) is 3. The zero-order chi connectivity index (χ0) is 13.9. The average Bonchev–Trinajstić information content (AvgIpc) is 2.93. The van der Waals surface area contributed by atoms with E-state index in [1.54, 1.807) is 11.3 Å². The van der Waals surface area contributed by atoms with Crippen molar-refractivity contribution in [2.24, 2.45) is 5.73 Å². The van der Waals surface area contributed by atoms with Gasteiger partial charge in [0.2, 0.25) is 0 Å². The van der Waals surface area contributed by atoms with Gasteiger partial charge in [-0.25, -0.2) is 4.98 Å². The van der Waals surface area contributed by atoms with Gasteiger partial charge in [0, 0.05) is 12.1 Å². The van der Waals surface area contributed by atoms with Crippen molar-refractivity contribution in [2.45, 2.75) is 13.5 Å². The standard InChI is InChI=1S/C17H16N2S/c1-12-7-9-14(10-8-12)17-19-15(11-18)16(20-17)13-5-3-2-4-6-13/h2-10H,11,18H2,1H3. The van der Waals surface area contributed by atoms with E-state index in [0.29, 0.717) is 6.54 Å². The van der Waals surface area contributed by atoms with Gasteiger partial charge in [-0.05, 0) is 12.5 Å². The highest BCUT2D eigenvalue weighted by Crippen LogP contribution is 2.35. The molecule has 100 valence electrons. The van der Waals surface area contributed by atoms with Crippen molar-refractivity contribution >= 4 is 11.3 Å². The van der Waals surface area contributed by atoms with Gasteiger partial charge in [0.1, 0.15) is 5.01 Å². The Labute approximate surface area is 122 Å². The third-order valence-corrected chi connectivity index (χ3v) is 4.42. The maximum absolute atomic E-state index is 5.85. The van der Waals surface area contributed by atoms with Crippen LogP contribution in [0.3, 0.4) is 0 Å². The van der Waals surface area contributed by atoms with Gasteiger partial charge in [-0.3, -0.25) is 0 Å². The summed E-state index contributed by atoms with van der Waals surface area (Å²) in [4.78, 5) is 5.87. The number of benzene rings is 2. The maximum Gasteiger partial charge on any atom is 0.124 e. The molecular formula is C17H16N2S. The van der Waals surface area contributed by atoms with Gasteiger partial charge < -0.3 is 5.73 Å². The lowest BCUT2D eigenvalue weighted by atomic mass is 10.1. The minimum atomic E-state index is 0.465. The van der Waals surface area contributed by atoms with Crippen molar-refractivity contribution in [2.75, 3.05) is 0 Å². The Balaban J connectivity index is 2.07. The fourth-order valence-corrected chi connectivity index (χ4v) is 3.23. The fourth-order valence-electron chi connectivity index (χ4n) is 2.12. The van der Waals surface area contributed by atoms with E-state index in [9.17, 15) is 0 Å². The van der Waals surface area contributed by atoms with Crippen LogP contribution >= 0.6 is 11.3 Å². The van der Waals surface area contributed by atoms with Crippen LogP contribution in [0.15, 0.2) is 54.6 Å². The summed E-state index contributed by atoms with van der Waals surface area (Å²) in [5.74, 6) is 0. The molecule has 0 saturated heterocycles. The molecular weight excluding hydrogens is 264 g/mol. The van der Waals surface area contributed by atoms with Crippen molar-refractivity contribution in [1.29, 1.82) is 0 Å². The van der Waals surface area contributed by atoms with Gasteiger partial charge >= 0.3 is 0 Å². The molecule has 0 aliphatic heterocycles. The summed E-state index contributed by atoms with van der Waals surface area (Å²) < 4.78 is 0. The first-order chi connectivity index (χ1) is 9.78. The van der Waals surface area contributed by atoms with E-state index in [2.05, 4.69) is 43.3 Å². The first kappa shape index (κ1) is 13.0. The van der Waals surface area contributed by atoms with Gasteiger partial charge in [0.25, 0.3) is 0 Å². The molecule has 0 amide bonds. The molecule has 0 aliphatic rings. The molecule has 1 heterocycles. The van der Waals surface area contributed by atoms with Gasteiger partial charge in [-0.2, -0.15) is 0 Å². The summed E-state index contributed by atoms with van der Waals surface area (Å²) in [7, 11) is 0. The number of hydrogen-bond donors (Lipinski definition) is 1. The monoisotopic (exact) mass is 280 g/mol. The normalized spacial score (nSPS) is 10.7. The molecule has 0 unspecified atom stereocenters. The molecule has 3 rings (SSSR count). The van der Waals surface area contributed by atoms with Gasteiger partial charge in [-0.1, -0.05) is 60.2 Å². The molecule has 0 aliphatic carbocycles. The molecule has 2 N–H and O–H groups in total. The van der Waals surface area contributed by atoms with Crippen LogP contribution in [0.25, 0.3) is 21.0 Å². The van der Waals surface area contributed by atoms with Crippen molar-refractivity contribution in [3.63, 3.8) is 0 Å². The Morgan fingerprint density at radius 1 is 0.950 bits per heavy atom. The van der Waals surface area contributed by atoms with Crippen LogP contribution in [0.4, 0.5) is 0 Å². The summed E-state index contributed by atoms with van der Waals surface area (Å²) in [6.45, 7) is 2.55. The van der Waals surface area contributed by atoms with E-state index in [1.807, 2.05) is 18.2 Å². The molecule has 1 aromatic heterocycles. The second-order valence-electron chi connectivity index (χ2n) is 4.73. The quantitative estimate of drug-likeness (QED) is 0.779. The van der Waals surface area contributed by atoms with Gasteiger partial charge in [0.15, 0.2) is 0 Å². The van der Waals surface area contributed by atoms with Crippen molar-refractivity contribution in [1.82, 2.24) is 4.98 Å². The zero-order valence-corrected chi connectivity index (χ0v) is 12.2. The Morgan fingerprint density at radius 2 is 1.65 bits per heavy atom. The predicted octanol–water partition coefficient (Wildman–Crippen LogP) is 4.24. The summed E-state index contributed by atoms with van der Waals surface area (Å²) in [5.41, 5.74) is 10.4. The predicted molar refractivity (Wildman–Crippen MR) is 85.6 cm³/mol. The number of nitrogens with zero attached hydrogens (tertiary/aromatic N) is 1. The Kier molecular flexibility index (Phi) is 3.63. The van der Waals surface area contributed by atoms with E-state index in [1.165, 1.54) is 16.0 Å². The van der Waals surface area contributed by atoms with Crippen LogP contribution in [0.1, 0.15) is 11.3 Å². The zero-order valence-electron chi connectivity index (χ0n) is 11.3.